The third-order valence-electron chi connectivity index (χ3n) is 10.9. The van der Waals surface area contributed by atoms with Gasteiger partial charge in [0.15, 0.2) is 0 Å². The van der Waals surface area contributed by atoms with Crippen molar-refractivity contribution in [2.45, 2.75) is 137 Å². The Kier molecular flexibility index (Phi) is 14.2. The molecule has 0 heterocycles. The summed E-state index contributed by atoms with van der Waals surface area (Å²) in [5, 5.41) is 10.1. The molecule has 220 valence electrons. The van der Waals surface area contributed by atoms with Gasteiger partial charge >= 0.3 is 0 Å². The van der Waals surface area contributed by atoms with Crippen LogP contribution in [0.5, 0.6) is 5.75 Å². The number of rotatable bonds is 2. The van der Waals surface area contributed by atoms with E-state index in [0.717, 1.165) is 0 Å². The van der Waals surface area contributed by atoms with Gasteiger partial charge in [0.1, 0.15) is 5.75 Å². The van der Waals surface area contributed by atoms with Crippen LogP contribution in [0.1, 0.15) is 141 Å². The van der Waals surface area contributed by atoms with Crippen molar-refractivity contribution in [3.63, 3.8) is 0 Å². The Morgan fingerprint density at radius 2 is 0.632 bits per heavy atom. The van der Waals surface area contributed by atoms with Gasteiger partial charge in [0, 0.05) is 5.41 Å². The second-order valence-electron chi connectivity index (χ2n) is 12.3. The lowest BCUT2D eigenvalue weighted by Gasteiger charge is -2.78. The summed E-state index contributed by atoms with van der Waals surface area (Å²) in [5.74, 6) is 0.322. The highest BCUT2D eigenvalue weighted by molar-refractivity contribution is 5.50. The van der Waals surface area contributed by atoms with E-state index in [4.69, 9.17) is 0 Å². The standard InChI is InChI=1S/C29H42O.4C2H6/c1-20-12-14-21(15-13-20)29(22-16-18-23(30)19-17-22)27(8,9)25(4,5)24(2,3)26(6,7)28(29,10)11;4*1-2/h12-19,30H,1-11H3;4*1-2H3. The molecule has 1 nitrogen and oxygen atoms in total. The van der Waals surface area contributed by atoms with Gasteiger partial charge in [-0.15, -0.1) is 0 Å². The lowest BCUT2D eigenvalue weighted by atomic mass is 9.26. The molecule has 3 rings (SSSR count). The number of phenols is 1. The molecule has 0 spiro atoms. The van der Waals surface area contributed by atoms with Gasteiger partial charge in [0.2, 0.25) is 0 Å². The number of hydrogen-bond donors (Lipinski definition) is 1. The summed E-state index contributed by atoms with van der Waals surface area (Å²) < 4.78 is 0. The lowest BCUT2D eigenvalue weighted by molar-refractivity contribution is -0.251. The summed E-state index contributed by atoms with van der Waals surface area (Å²) >= 11 is 0. The van der Waals surface area contributed by atoms with E-state index >= 15 is 0 Å². The van der Waals surface area contributed by atoms with Crippen LogP contribution in [0, 0.1) is 34.0 Å². The third-order valence-corrected chi connectivity index (χ3v) is 10.9. The topological polar surface area (TPSA) is 20.2 Å². The minimum Gasteiger partial charge on any atom is -0.508 e. The Labute approximate surface area is 239 Å². The van der Waals surface area contributed by atoms with E-state index in [0.29, 0.717) is 5.75 Å². The number of benzene rings is 2. The average molecular weight is 527 g/mol. The van der Waals surface area contributed by atoms with Crippen molar-refractivity contribution >= 4 is 0 Å². The summed E-state index contributed by atoms with van der Waals surface area (Å²) in [6.07, 6.45) is 0. The largest absolute Gasteiger partial charge is 0.508 e. The molecule has 0 aliphatic heterocycles. The van der Waals surface area contributed by atoms with Crippen LogP contribution in [0.25, 0.3) is 0 Å². The predicted octanol–water partition coefficient (Wildman–Crippen LogP) is 12.2. The van der Waals surface area contributed by atoms with Crippen LogP contribution in [-0.2, 0) is 5.41 Å². The Morgan fingerprint density at radius 1 is 0.395 bits per heavy atom. The fraction of sp³-hybridized carbons (Fsp3) is 0.676. The molecule has 0 amide bonds. The molecule has 2 aromatic rings. The van der Waals surface area contributed by atoms with Crippen LogP contribution in [0.15, 0.2) is 48.5 Å². The van der Waals surface area contributed by atoms with E-state index in [2.05, 4.69) is 113 Å². The average Bonchev–Trinajstić information content (AvgIpc) is 2.90. The van der Waals surface area contributed by atoms with Gasteiger partial charge in [-0.1, -0.05) is 167 Å². The second-order valence-corrected chi connectivity index (χ2v) is 12.3. The fourth-order valence-corrected chi connectivity index (χ4v) is 7.19. The van der Waals surface area contributed by atoms with Crippen molar-refractivity contribution in [1.82, 2.24) is 0 Å². The van der Waals surface area contributed by atoms with Crippen molar-refractivity contribution < 1.29 is 5.11 Å². The first-order valence-electron chi connectivity index (χ1n) is 15.4. The monoisotopic (exact) mass is 527 g/mol. The minimum absolute atomic E-state index is 0.0296. The first-order chi connectivity index (χ1) is 17.5. The molecule has 0 atom stereocenters. The van der Waals surface area contributed by atoms with Gasteiger partial charge < -0.3 is 5.11 Å². The van der Waals surface area contributed by atoms with Gasteiger partial charge in [0.25, 0.3) is 0 Å². The molecule has 1 heteroatoms. The summed E-state index contributed by atoms with van der Waals surface area (Å²) in [4.78, 5) is 0. The summed E-state index contributed by atoms with van der Waals surface area (Å²) in [5.41, 5.74) is 3.70. The number of aromatic hydroxyl groups is 1. The van der Waals surface area contributed by atoms with E-state index in [1.54, 1.807) is 0 Å². The van der Waals surface area contributed by atoms with Crippen LogP contribution in [0.2, 0.25) is 0 Å². The van der Waals surface area contributed by atoms with Gasteiger partial charge in [-0.3, -0.25) is 0 Å². The molecule has 0 aromatic heterocycles. The smallest absolute Gasteiger partial charge is 0.115 e. The minimum atomic E-state index is -0.246. The van der Waals surface area contributed by atoms with Crippen LogP contribution < -0.4 is 0 Å². The molecule has 2 aromatic carbocycles. The SMILES string of the molecule is CC.CC.CC.CC.Cc1ccc(C2(c3ccc(O)cc3)C(C)(C)C(C)(C)C(C)(C)C(C)(C)C2(C)C)cc1. The van der Waals surface area contributed by atoms with E-state index < -0.39 is 0 Å². The van der Waals surface area contributed by atoms with Gasteiger partial charge in [-0.25, -0.2) is 0 Å². The Balaban J connectivity index is 0. The molecule has 0 unspecified atom stereocenters. The molecule has 1 aliphatic carbocycles. The molecule has 0 saturated heterocycles. The normalized spacial score (nSPS) is 20.3. The molecule has 1 aliphatic rings. The maximum absolute atomic E-state index is 10.1. The van der Waals surface area contributed by atoms with Crippen LogP contribution in [-0.4, -0.2) is 5.11 Å². The zero-order valence-corrected chi connectivity index (χ0v) is 29.1. The summed E-state index contributed by atoms with van der Waals surface area (Å²) in [6, 6.07) is 17.2. The van der Waals surface area contributed by atoms with Crippen molar-refractivity contribution in [3.05, 3.63) is 65.2 Å². The van der Waals surface area contributed by atoms with Gasteiger partial charge in [-0.05, 0) is 57.3 Å². The van der Waals surface area contributed by atoms with E-state index in [1.165, 1.54) is 16.7 Å². The number of hydrogen-bond acceptors (Lipinski definition) is 1. The van der Waals surface area contributed by atoms with Crippen LogP contribution in [0.3, 0.4) is 0 Å². The van der Waals surface area contributed by atoms with Crippen molar-refractivity contribution in [2.24, 2.45) is 27.1 Å². The summed E-state index contributed by atoms with van der Waals surface area (Å²) in [7, 11) is 0. The highest BCUT2D eigenvalue weighted by Gasteiger charge is 2.75. The molecule has 0 bridgehead atoms. The zero-order chi connectivity index (χ0) is 31.0. The highest BCUT2D eigenvalue weighted by atomic mass is 16.3. The van der Waals surface area contributed by atoms with Crippen molar-refractivity contribution in [2.75, 3.05) is 0 Å². The maximum atomic E-state index is 10.1. The van der Waals surface area contributed by atoms with Crippen LogP contribution >= 0.6 is 0 Å². The Morgan fingerprint density at radius 3 is 0.921 bits per heavy atom. The van der Waals surface area contributed by atoms with E-state index in [-0.39, 0.29) is 32.5 Å². The van der Waals surface area contributed by atoms with Crippen molar-refractivity contribution in [3.8, 4) is 5.75 Å². The molecule has 1 fully saturated rings. The molecule has 0 radical (unpaired) electrons. The molecule has 1 saturated carbocycles. The second kappa shape index (κ2) is 14.0. The third kappa shape index (κ3) is 5.33. The lowest BCUT2D eigenvalue weighted by Crippen LogP contribution is -2.74. The molecule has 1 N–H and O–H groups in total. The number of phenolic OH excluding ortho intramolecular Hbond substituents is 1. The quantitative estimate of drug-likeness (QED) is 0.412. The Hall–Kier alpha value is -1.76. The van der Waals surface area contributed by atoms with Crippen LogP contribution in [0.4, 0.5) is 0 Å². The van der Waals surface area contributed by atoms with E-state index in [9.17, 15) is 5.11 Å². The number of aryl methyl sites for hydroxylation is 1. The van der Waals surface area contributed by atoms with Gasteiger partial charge in [-0.2, -0.15) is 0 Å². The predicted molar refractivity (Wildman–Crippen MR) is 174 cm³/mol. The first-order valence-corrected chi connectivity index (χ1v) is 15.4. The highest BCUT2D eigenvalue weighted by Crippen LogP contribution is 2.79. The Bertz CT molecular complexity index is 844. The fourth-order valence-electron chi connectivity index (χ4n) is 7.19. The molecular weight excluding hydrogens is 460 g/mol. The maximum Gasteiger partial charge on any atom is 0.115 e. The van der Waals surface area contributed by atoms with E-state index in [1.807, 2.05) is 67.5 Å². The summed E-state index contributed by atoms with van der Waals surface area (Å²) in [6.45, 7) is 42.8. The molecular formula is C37H66O. The zero-order valence-electron chi connectivity index (χ0n) is 29.1. The first kappa shape index (κ1) is 38.4. The van der Waals surface area contributed by atoms with Gasteiger partial charge in [0.05, 0.1) is 0 Å². The van der Waals surface area contributed by atoms with Crippen molar-refractivity contribution in [1.29, 1.82) is 0 Å². The molecule has 38 heavy (non-hydrogen) atoms.